The molecule has 3 aliphatic rings. The highest BCUT2D eigenvalue weighted by molar-refractivity contribution is 5.96. The normalized spacial score (nSPS) is 20.4. The van der Waals surface area contributed by atoms with Gasteiger partial charge < -0.3 is 85.3 Å². The molecule has 0 spiro atoms. The molecule has 774 valence electrons. The number of carbonyl (C=O) groups excluding carboxylic acids is 15. The van der Waals surface area contributed by atoms with Gasteiger partial charge in [-0.05, 0) is 165 Å². The van der Waals surface area contributed by atoms with Gasteiger partial charge in [0.15, 0.2) is 54.9 Å². The first-order chi connectivity index (χ1) is 72.7. The Morgan fingerprint density at radius 2 is 0.300 bits per heavy atom. The number of hydrogen-bond donors (Lipinski definition) is 0. The first-order valence-corrected chi connectivity index (χ1v) is 48.0. The van der Waals surface area contributed by atoms with Crippen molar-refractivity contribution in [3.05, 3.63) is 431 Å². The fourth-order valence-corrected chi connectivity index (χ4v) is 16.5. The molecular weight excluding hydrogens is 1930 g/mol. The van der Waals surface area contributed by atoms with Gasteiger partial charge in [0.05, 0.1) is 124 Å². The van der Waals surface area contributed by atoms with E-state index >= 15 is 0 Å². The van der Waals surface area contributed by atoms with Gasteiger partial charge in [-0.3, -0.25) is 14.4 Å². The van der Waals surface area contributed by atoms with Crippen LogP contribution in [0.3, 0.4) is 0 Å². The molecule has 12 aromatic carbocycles. The molecule has 3 aliphatic heterocycles. The van der Waals surface area contributed by atoms with Crippen LogP contribution in [0.2, 0.25) is 0 Å². The Balaban J connectivity index is 0.000000187. The van der Waals surface area contributed by atoms with E-state index in [4.69, 9.17) is 85.3 Å². The first-order valence-electron chi connectivity index (χ1n) is 48.0. The van der Waals surface area contributed by atoms with E-state index in [9.17, 15) is 71.9 Å². The minimum absolute atomic E-state index is 0.0682. The Kier molecular flexibility index (Phi) is 40.4. The number of ether oxygens (including phenoxy) is 18. The molecule has 3 heterocycles. The molecule has 12 aromatic rings. The summed E-state index contributed by atoms with van der Waals surface area (Å²) in [7, 11) is 3.72. The van der Waals surface area contributed by atoms with E-state index in [1.54, 1.807) is 312 Å². The van der Waals surface area contributed by atoms with Crippen LogP contribution in [0.1, 0.15) is 164 Å². The van der Waals surface area contributed by atoms with Crippen LogP contribution in [0.25, 0.3) is 0 Å². The van der Waals surface area contributed by atoms with E-state index in [2.05, 4.69) is 0 Å². The molecule has 3 saturated heterocycles. The van der Waals surface area contributed by atoms with Crippen molar-refractivity contribution in [2.75, 3.05) is 41.2 Å². The highest BCUT2D eigenvalue weighted by Gasteiger charge is 2.57. The fraction of sp³-hybridized carbons (Fsp3) is 0.256. The number of carbonyl (C=O) groups is 15. The van der Waals surface area contributed by atoms with Crippen LogP contribution in [0.4, 0.5) is 0 Å². The molecule has 0 aromatic heterocycles. The van der Waals surface area contributed by atoms with E-state index in [-0.39, 0.29) is 86.0 Å². The fourth-order valence-electron chi connectivity index (χ4n) is 16.5. The largest absolute Gasteiger partial charge is 0.469 e. The smallest absolute Gasteiger partial charge is 0.338 e. The summed E-state index contributed by atoms with van der Waals surface area (Å²) < 4.78 is 105. The SMILES string of the molecule is COC(=O)[C@@H](C)C[C@H]1O[C@H](COC(=O)c2ccccc2)[C@@H](OC(=O)c2ccccc2)[C@H](OC(=O)c2ccccc2)[C@H]1OC(=O)c1ccccc1.COC(=O)[C@@H](C)C[C@H]1O[C@H](COC(=O)c2ccccc2)[C@@H](OC(=O)c2ccccc2)[C@H](OC(=O)c2ccccc2)[C@H]1OC(=O)c1ccccc1.COC(=O)[C@@H](C)C[C@H]1O[C@H](COC(=O)c2ccccc2)[C@@H](OC(=O)c2ccccc2)[C@H](OC(=O)c2ccccc2)[C@H]1OC(=O)c1ccccc1. The molecule has 0 aliphatic carbocycles. The van der Waals surface area contributed by atoms with Gasteiger partial charge in [-0.15, -0.1) is 0 Å². The minimum Gasteiger partial charge on any atom is -0.469 e. The Morgan fingerprint density at radius 1 is 0.180 bits per heavy atom. The minimum atomic E-state index is -1.49. The van der Waals surface area contributed by atoms with Crippen LogP contribution in [0, 0.1) is 17.8 Å². The van der Waals surface area contributed by atoms with Crippen molar-refractivity contribution in [3.8, 4) is 0 Å². The van der Waals surface area contributed by atoms with Crippen LogP contribution >= 0.6 is 0 Å². The first kappa shape index (κ1) is 110. The zero-order valence-electron chi connectivity index (χ0n) is 82.2. The molecule has 15 rings (SSSR count). The van der Waals surface area contributed by atoms with Crippen LogP contribution in [-0.2, 0) is 99.6 Å². The summed E-state index contributed by atoms with van der Waals surface area (Å²) in [5, 5.41) is 0. The Morgan fingerprint density at radius 3 is 0.433 bits per heavy atom. The second kappa shape index (κ2) is 55.2. The van der Waals surface area contributed by atoms with Crippen molar-refractivity contribution >= 4 is 89.5 Å². The Bertz CT molecular complexity index is 5860. The number of hydrogen-bond acceptors (Lipinski definition) is 33. The average Bonchev–Trinajstić information content (AvgIpc) is 0.778. The van der Waals surface area contributed by atoms with Crippen LogP contribution < -0.4 is 0 Å². The van der Waals surface area contributed by atoms with Gasteiger partial charge in [-0.2, -0.15) is 0 Å². The van der Waals surface area contributed by atoms with Crippen LogP contribution in [-0.4, -0.2) is 222 Å². The van der Waals surface area contributed by atoms with Crippen LogP contribution in [0.5, 0.6) is 0 Å². The second-order valence-corrected chi connectivity index (χ2v) is 34.6. The number of rotatable bonds is 36. The lowest BCUT2D eigenvalue weighted by Gasteiger charge is -2.45. The molecule has 18 atom stereocenters. The van der Waals surface area contributed by atoms with Gasteiger partial charge in [-0.25, -0.2) is 57.5 Å². The number of methoxy groups -OCH3 is 3. The molecule has 0 amide bonds. The maximum absolute atomic E-state index is 13.7. The zero-order chi connectivity index (χ0) is 106. The maximum atomic E-state index is 13.7. The van der Waals surface area contributed by atoms with Crippen molar-refractivity contribution in [2.45, 2.75) is 132 Å². The molecule has 0 N–H and O–H groups in total. The third-order valence-corrected chi connectivity index (χ3v) is 24.2. The monoisotopic (exact) mass is 2040 g/mol. The summed E-state index contributed by atoms with van der Waals surface area (Å²) in [6, 6.07) is 97.6. The second-order valence-electron chi connectivity index (χ2n) is 34.6. The van der Waals surface area contributed by atoms with Crippen molar-refractivity contribution < 1.29 is 157 Å². The summed E-state index contributed by atoms with van der Waals surface area (Å²) in [6.45, 7) is 3.43. The molecule has 150 heavy (non-hydrogen) atoms. The summed E-state index contributed by atoms with van der Waals surface area (Å²) >= 11 is 0. The van der Waals surface area contributed by atoms with Crippen molar-refractivity contribution in [3.63, 3.8) is 0 Å². The lowest BCUT2D eigenvalue weighted by atomic mass is 9.89. The van der Waals surface area contributed by atoms with Gasteiger partial charge in [0, 0.05) is 0 Å². The predicted molar refractivity (Wildman–Crippen MR) is 534 cm³/mol. The van der Waals surface area contributed by atoms with Gasteiger partial charge in [0.2, 0.25) is 0 Å². The van der Waals surface area contributed by atoms with Gasteiger partial charge in [-0.1, -0.05) is 239 Å². The zero-order valence-corrected chi connectivity index (χ0v) is 82.2. The highest BCUT2D eigenvalue weighted by Crippen LogP contribution is 2.39. The summed E-state index contributed by atoms with van der Waals surface area (Å²) in [5.41, 5.74) is 2.42. The molecule has 33 heteroatoms. The van der Waals surface area contributed by atoms with E-state index in [1.165, 1.54) is 94.1 Å². The number of esters is 15. The van der Waals surface area contributed by atoms with Crippen molar-refractivity contribution in [2.24, 2.45) is 17.8 Å². The molecule has 0 radical (unpaired) electrons. The predicted octanol–water partition coefficient (Wildman–Crippen LogP) is 16.5. The molecule has 0 saturated carbocycles. The summed E-state index contributed by atoms with van der Waals surface area (Å²) in [5.74, 6) is -13.2. The van der Waals surface area contributed by atoms with E-state index in [0.717, 1.165) is 0 Å². The molecule has 33 nitrogen and oxygen atoms in total. The van der Waals surface area contributed by atoms with Gasteiger partial charge in [0.1, 0.15) is 38.1 Å². The highest BCUT2D eigenvalue weighted by atomic mass is 16.7. The topological polar surface area (TPSA) is 422 Å². The van der Waals surface area contributed by atoms with Crippen molar-refractivity contribution in [1.29, 1.82) is 0 Å². The Hall–Kier alpha value is -17.4. The molecule has 3 fully saturated rings. The summed E-state index contributed by atoms with van der Waals surface area (Å²) in [6.07, 6.45) is -20.4. The van der Waals surface area contributed by atoms with Gasteiger partial charge >= 0.3 is 89.5 Å². The number of benzene rings is 12. The third kappa shape index (κ3) is 30.6. The van der Waals surface area contributed by atoms with E-state index < -0.39 is 219 Å². The van der Waals surface area contributed by atoms with Gasteiger partial charge in [0.25, 0.3) is 0 Å². The lowest BCUT2D eigenvalue weighted by molar-refractivity contribution is -0.232. The van der Waals surface area contributed by atoms with E-state index in [0.29, 0.717) is 0 Å². The van der Waals surface area contributed by atoms with Crippen molar-refractivity contribution in [1.82, 2.24) is 0 Å². The molecule has 0 unspecified atom stereocenters. The maximum Gasteiger partial charge on any atom is 0.338 e. The van der Waals surface area contributed by atoms with Crippen LogP contribution in [0.15, 0.2) is 364 Å². The van der Waals surface area contributed by atoms with E-state index in [1.807, 2.05) is 0 Å². The lowest BCUT2D eigenvalue weighted by Crippen LogP contribution is -2.63. The molecular formula is C117H108O33. The summed E-state index contributed by atoms with van der Waals surface area (Å²) in [4.78, 5) is 199. The quantitative estimate of drug-likeness (QED) is 0.0260. The third-order valence-electron chi connectivity index (χ3n) is 24.2. The standard InChI is InChI=1S/3C39H36O11/c3*1-25(35(40)45-2)23-30-32(48-37(42)27-17-9-4-10-18-27)34(50-39(44)29-21-13-6-14-22-29)33(49-38(43)28-19-11-5-12-20-28)31(47-30)24-46-36(41)26-15-7-3-8-16-26/h3*3-22,25,30-34H,23-24H2,1-2H3/t3*25-,30+,31+,32-,33+,34+/m000/s1. The average molecular weight is 2040 g/mol. The molecule has 0 bridgehead atoms. The Labute approximate surface area is 863 Å².